The van der Waals surface area contributed by atoms with Crippen LogP contribution >= 0.6 is 7.94 Å². The van der Waals surface area contributed by atoms with Crippen molar-refractivity contribution in [2.24, 2.45) is 0 Å². The van der Waals surface area contributed by atoms with E-state index in [0.717, 1.165) is 12.8 Å². The predicted octanol–water partition coefficient (Wildman–Crippen LogP) is 1.02. The Bertz CT molecular complexity index is 255. The van der Waals surface area contributed by atoms with Gasteiger partial charge in [-0.3, -0.25) is 0 Å². The van der Waals surface area contributed by atoms with Crippen molar-refractivity contribution in [3.05, 3.63) is 44.2 Å². The molecule has 0 amide bonds. The number of rotatable bonds is 3. The predicted molar refractivity (Wildman–Crippen MR) is 79.3 cm³/mol. The summed E-state index contributed by atoms with van der Waals surface area (Å²) in [6, 6.07) is 7.23. The minimum absolute atomic E-state index is 0. The number of hydrogen-bond acceptors (Lipinski definition) is 3. The molecule has 106 valence electrons. The fraction of sp³-hybridized carbons (Fsp3) is 0.429. The summed E-state index contributed by atoms with van der Waals surface area (Å²) in [4.78, 5) is 30.9. The van der Waals surface area contributed by atoms with E-state index in [9.17, 15) is 14.7 Å². The fourth-order valence-corrected chi connectivity index (χ4v) is 1.15. The van der Waals surface area contributed by atoms with Gasteiger partial charge in [-0.15, -0.1) is 7.94 Å². The molecular weight excluding hydrogens is 366 g/mol. The molecule has 0 aliphatic rings. The zero-order valence-electron chi connectivity index (χ0n) is 11.8. The molecule has 0 unspecified atom stereocenters. The molecular formula is C14H23O3PSn. The van der Waals surface area contributed by atoms with Gasteiger partial charge in [-0.05, 0) is 12.1 Å². The van der Waals surface area contributed by atoms with Crippen LogP contribution in [0.4, 0.5) is 0 Å². The van der Waals surface area contributed by atoms with Gasteiger partial charge in [-0.2, -0.15) is 0 Å². The Morgan fingerprint density at radius 3 is 1.37 bits per heavy atom. The summed E-state index contributed by atoms with van der Waals surface area (Å²) >= 11 is 0. The summed E-state index contributed by atoms with van der Waals surface area (Å²) in [5.74, 6) is 0. The van der Waals surface area contributed by atoms with Gasteiger partial charge < -0.3 is 14.7 Å². The third kappa shape index (κ3) is 18.3. The van der Waals surface area contributed by atoms with Crippen molar-refractivity contribution < 1.29 is 14.7 Å². The quantitative estimate of drug-likeness (QED) is 0.573. The van der Waals surface area contributed by atoms with Gasteiger partial charge in [0.25, 0.3) is 0 Å². The van der Waals surface area contributed by atoms with E-state index in [0.29, 0.717) is 0 Å². The first kappa shape index (κ1) is 24.4. The fourth-order valence-electron chi connectivity index (χ4n) is 0.611. The molecule has 4 radical (unpaired) electrons. The van der Waals surface area contributed by atoms with Crippen LogP contribution < -0.4 is 20.0 Å². The van der Waals surface area contributed by atoms with Crippen LogP contribution in [-0.2, 0) is 0 Å². The third-order valence-electron chi connectivity index (χ3n) is 1.78. The van der Waals surface area contributed by atoms with Crippen LogP contribution in [0.3, 0.4) is 0 Å². The molecule has 0 aliphatic carbocycles. The van der Waals surface area contributed by atoms with E-state index in [1.54, 1.807) is 6.07 Å². The second-order valence-electron chi connectivity index (χ2n) is 3.54. The van der Waals surface area contributed by atoms with Crippen molar-refractivity contribution in [2.45, 2.75) is 39.5 Å². The van der Waals surface area contributed by atoms with Crippen molar-refractivity contribution in [1.29, 1.82) is 0 Å². The van der Waals surface area contributed by atoms with E-state index < -0.39 is 7.94 Å². The summed E-state index contributed by atoms with van der Waals surface area (Å²) in [6.07, 6.45) is 4.56. The first-order chi connectivity index (χ1) is 8.43. The summed E-state index contributed by atoms with van der Waals surface area (Å²) in [7, 11) is -4.52. The maximum absolute atomic E-state index is 10.3. The maximum Gasteiger partial charge on any atom is 2.00 e. The van der Waals surface area contributed by atoms with Crippen LogP contribution in [0.1, 0.15) is 39.5 Å². The molecule has 3 nitrogen and oxygen atoms in total. The van der Waals surface area contributed by atoms with E-state index >= 15 is 0 Å². The van der Waals surface area contributed by atoms with Crippen LogP contribution in [0, 0.1) is 13.8 Å². The summed E-state index contributed by atoms with van der Waals surface area (Å²) < 4.78 is 0. The summed E-state index contributed by atoms with van der Waals surface area (Å²) in [5.41, 5.74) is 0. The SMILES string of the molecule is [CH2]CCC.[CH2]CCC.[O-][P+]([O-])([O-])c1ccccc1.[Sn+2]. The molecule has 0 saturated carbocycles. The molecule has 1 rings (SSSR count). The molecule has 0 aliphatic heterocycles. The molecule has 0 heterocycles. The molecule has 0 saturated heterocycles. The van der Waals surface area contributed by atoms with Gasteiger partial charge in [0.15, 0.2) is 0 Å². The molecule has 1 aromatic carbocycles. The topological polar surface area (TPSA) is 69.2 Å². The molecule has 0 bridgehead atoms. The first-order valence-electron chi connectivity index (χ1n) is 6.10. The van der Waals surface area contributed by atoms with Crippen molar-refractivity contribution >= 4 is 37.2 Å². The summed E-state index contributed by atoms with van der Waals surface area (Å²) in [5, 5.41) is -0.157. The zero-order valence-corrected chi connectivity index (χ0v) is 15.5. The van der Waals surface area contributed by atoms with Crippen LogP contribution in [0.25, 0.3) is 0 Å². The average molecular weight is 389 g/mol. The second-order valence-corrected chi connectivity index (χ2v) is 5.05. The van der Waals surface area contributed by atoms with E-state index in [4.69, 9.17) is 0 Å². The Kier molecular flexibility index (Phi) is 21.0. The van der Waals surface area contributed by atoms with Gasteiger partial charge in [0.2, 0.25) is 0 Å². The smallest absolute Gasteiger partial charge is 0.684 e. The van der Waals surface area contributed by atoms with Crippen LogP contribution in [0.2, 0.25) is 0 Å². The maximum atomic E-state index is 10.3. The van der Waals surface area contributed by atoms with Gasteiger partial charge in [-0.25, -0.2) is 0 Å². The van der Waals surface area contributed by atoms with Crippen LogP contribution in [0.5, 0.6) is 0 Å². The minimum atomic E-state index is -4.52. The molecule has 5 heteroatoms. The molecule has 19 heavy (non-hydrogen) atoms. The second kappa shape index (κ2) is 16.4. The van der Waals surface area contributed by atoms with Gasteiger partial charge in [0.05, 0.1) is 5.30 Å². The van der Waals surface area contributed by atoms with Gasteiger partial charge in [0.1, 0.15) is 0 Å². The van der Waals surface area contributed by atoms with E-state index in [1.807, 2.05) is 0 Å². The van der Waals surface area contributed by atoms with E-state index in [2.05, 4.69) is 27.7 Å². The molecule has 0 aromatic heterocycles. The van der Waals surface area contributed by atoms with Crippen molar-refractivity contribution in [3.63, 3.8) is 0 Å². The number of unbranched alkanes of at least 4 members (excludes halogenated alkanes) is 2. The molecule has 0 fully saturated rings. The Morgan fingerprint density at radius 2 is 1.21 bits per heavy atom. The standard InChI is InChI=1S/C6H7O3P.2C4H9.Sn/c7-10(8,9)6-4-2-1-3-5-6;2*1-3-4-2;/h1-5H,(H2,7,8,9);2*1,3-4H2,2H3;/q;;;+2/p-2. The van der Waals surface area contributed by atoms with Gasteiger partial charge in [-0.1, -0.05) is 71.6 Å². The van der Waals surface area contributed by atoms with Crippen molar-refractivity contribution in [1.82, 2.24) is 0 Å². The van der Waals surface area contributed by atoms with Gasteiger partial charge in [0, 0.05) is 0 Å². The van der Waals surface area contributed by atoms with E-state index in [-0.39, 0.29) is 29.2 Å². The molecule has 0 N–H and O–H groups in total. The van der Waals surface area contributed by atoms with Crippen LogP contribution in [0.15, 0.2) is 30.3 Å². The van der Waals surface area contributed by atoms with Gasteiger partial charge >= 0.3 is 23.9 Å². The zero-order chi connectivity index (χ0) is 14.4. The number of hydrogen-bond donors (Lipinski definition) is 0. The summed E-state index contributed by atoms with van der Waals surface area (Å²) in [6.45, 7) is 11.4. The van der Waals surface area contributed by atoms with E-state index in [1.165, 1.54) is 37.1 Å². The monoisotopic (exact) mass is 390 g/mol. The molecule has 0 atom stereocenters. The first-order valence-corrected chi connectivity index (χ1v) is 7.64. The minimum Gasteiger partial charge on any atom is -0.684 e. The normalized spacial score (nSPS) is 9.21. The average Bonchev–Trinajstić information content (AvgIpc) is 2.39. The Hall–Kier alpha value is 0.329. The molecule has 1 aromatic rings. The Balaban J connectivity index is -0.000000242. The van der Waals surface area contributed by atoms with Crippen molar-refractivity contribution in [2.75, 3.05) is 0 Å². The van der Waals surface area contributed by atoms with Crippen LogP contribution in [-0.4, -0.2) is 23.9 Å². The number of benzene rings is 1. The Labute approximate surface area is 135 Å². The van der Waals surface area contributed by atoms with Crippen molar-refractivity contribution in [3.8, 4) is 0 Å². The largest absolute Gasteiger partial charge is 2.00 e. The Morgan fingerprint density at radius 1 is 0.895 bits per heavy atom. The third-order valence-corrected chi connectivity index (χ3v) is 2.71. The molecule has 0 spiro atoms.